The molecular weight excluding hydrogens is 298 g/mol. The van der Waals surface area contributed by atoms with Crippen LogP contribution in [0.2, 0.25) is 0 Å². The van der Waals surface area contributed by atoms with E-state index in [1.165, 1.54) is 17.0 Å². The first kappa shape index (κ1) is 15.0. The quantitative estimate of drug-likeness (QED) is 0.638. The van der Waals surface area contributed by atoms with Gasteiger partial charge in [-0.1, -0.05) is 6.07 Å². The number of rotatable bonds is 4. The second kappa shape index (κ2) is 6.04. The summed E-state index contributed by atoms with van der Waals surface area (Å²) in [5.41, 5.74) is 2.21. The summed E-state index contributed by atoms with van der Waals surface area (Å²) >= 11 is 0. The molecule has 1 aliphatic rings. The van der Waals surface area contributed by atoms with Crippen LogP contribution in [0.15, 0.2) is 36.5 Å². The number of amides is 1. The van der Waals surface area contributed by atoms with Crippen molar-refractivity contribution in [3.05, 3.63) is 57.9 Å². The number of hydrogen-bond donors (Lipinski definition) is 0. The first-order valence-corrected chi connectivity index (χ1v) is 7.18. The van der Waals surface area contributed by atoms with Gasteiger partial charge in [-0.2, -0.15) is 0 Å². The van der Waals surface area contributed by atoms with Crippen molar-refractivity contribution in [1.29, 1.82) is 0 Å². The molecule has 0 saturated carbocycles. The Kier molecular flexibility index (Phi) is 3.92. The molecule has 0 radical (unpaired) electrons. The van der Waals surface area contributed by atoms with E-state index >= 15 is 0 Å². The molecule has 2 aromatic rings. The largest absolute Gasteiger partial charge is 0.482 e. The maximum absolute atomic E-state index is 12.4. The van der Waals surface area contributed by atoms with E-state index in [1.54, 1.807) is 31.3 Å². The average Bonchev–Trinajstić information content (AvgIpc) is 2.97. The summed E-state index contributed by atoms with van der Waals surface area (Å²) in [6, 6.07) is 8.09. The summed E-state index contributed by atoms with van der Waals surface area (Å²) in [4.78, 5) is 28.5. The highest BCUT2D eigenvalue weighted by Gasteiger charge is 2.27. The lowest BCUT2D eigenvalue weighted by atomic mass is 10.1. The van der Waals surface area contributed by atoms with E-state index < -0.39 is 4.92 Å². The van der Waals surface area contributed by atoms with Gasteiger partial charge in [0.05, 0.1) is 16.3 Å². The van der Waals surface area contributed by atoms with Crippen LogP contribution >= 0.6 is 0 Å². The van der Waals surface area contributed by atoms with Gasteiger partial charge in [0.15, 0.2) is 6.61 Å². The summed E-state index contributed by atoms with van der Waals surface area (Å²) in [6.07, 6.45) is 2.34. The van der Waals surface area contributed by atoms with Gasteiger partial charge in [0.1, 0.15) is 5.75 Å². The Morgan fingerprint density at radius 1 is 1.43 bits per heavy atom. The van der Waals surface area contributed by atoms with Gasteiger partial charge in [-0.05, 0) is 31.0 Å². The molecule has 7 heteroatoms. The number of aryl methyl sites for hydroxylation is 1. The second-order valence-corrected chi connectivity index (χ2v) is 5.24. The number of fused-ring (bicyclic) bond motifs is 1. The van der Waals surface area contributed by atoms with Crippen molar-refractivity contribution in [3.63, 3.8) is 0 Å². The van der Waals surface area contributed by atoms with Crippen molar-refractivity contribution in [2.45, 2.75) is 13.3 Å². The van der Waals surface area contributed by atoms with Crippen LogP contribution in [0.4, 0.5) is 11.4 Å². The predicted octanol–water partition coefficient (Wildman–Crippen LogP) is 2.27. The minimum Gasteiger partial charge on any atom is -0.482 e. The molecule has 118 valence electrons. The van der Waals surface area contributed by atoms with E-state index in [1.807, 2.05) is 0 Å². The number of non-ortho nitro benzene ring substituents is 1. The molecule has 1 aliphatic heterocycles. The lowest BCUT2D eigenvalue weighted by Crippen LogP contribution is -2.33. The Balaban J connectivity index is 1.74. The molecule has 0 N–H and O–H groups in total. The molecule has 23 heavy (non-hydrogen) atoms. The fourth-order valence-corrected chi connectivity index (χ4v) is 2.58. The number of hydrogen-bond acceptors (Lipinski definition) is 5. The van der Waals surface area contributed by atoms with Crippen molar-refractivity contribution in [2.75, 3.05) is 18.1 Å². The van der Waals surface area contributed by atoms with Crippen molar-refractivity contribution in [1.82, 2.24) is 4.98 Å². The Hall–Kier alpha value is -2.96. The monoisotopic (exact) mass is 313 g/mol. The molecule has 3 rings (SSSR count). The van der Waals surface area contributed by atoms with Gasteiger partial charge in [-0.15, -0.1) is 0 Å². The molecule has 0 saturated heterocycles. The fraction of sp³-hybridized carbons (Fsp3) is 0.250. The Labute approximate surface area is 132 Å². The zero-order valence-corrected chi connectivity index (χ0v) is 12.6. The van der Waals surface area contributed by atoms with E-state index in [-0.39, 0.29) is 18.2 Å². The normalized spacial score (nSPS) is 12.8. The number of nitro benzene ring substituents is 1. The lowest BCUT2D eigenvalue weighted by Gasteiger charge is -2.17. The predicted molar refractivity (Wildman–Crippen MR) is 83.6 cm³/mol. The van der Waals surface area contributed by atoms with Crippen LogP contribution in [0, 0.1) is 17.0 Å². The number of nitro groups is 1. The molecule has 0 atom stereocenters. The van der Waals surface area contributed by atoms with Gasteiger partial charge >= 0.3 is 0 Å². The average molecular weight is 313 g/mol. The van der Waals surface area contributed by atoms with Crippen molar-refractivity contribution in [2.24, 2.45) is 0 Å². The highest BCUT2D eigenvalue weighted by Crippen LogP contribution is 2.31. The minimum absolute atomic E-state index is 0.0209. The van der Waals surface area contributed by atoms with Crippen LogP contribution in [-0.4, -0.2) is 29.0 Å². The van der Waals surface area contributed by atoms with Crippen LogP contribution in [-0.2, 0) is 11.2 Å². The van der Waals surface area contributed by atoms with Gasteiger partial charge in [0.25, 0.3) is 11.6 Å². The minimum atomic E-state index is -0.462. The molecule has 0 unspecified atom stereocenters. The number of pyridine rings is 1. The van der Waals surface area contributed by atoms with E-state index in [0.29, 0.717) is 30.1 Å². The van der Waals surface area contributed by atoms with Crippen LogP contribution < -0.4 is 9.64 Å². The number of ether oxygens (including phenoxy) is 1. The van der Waals surface area contributed by atoms with Crippen molar-refractivity contribution in [3.8, 4) is 5.75 Å². The van der Waals surface area contributed by atoms with Crippen molar-refractivity contribution < 1.29 is 14.5 Å². The Bertz CT molecular complexity index is 776. The highest BCUT2D eigenvalue weighted by molar-refractivity contribution is 5.96. The second-order valence-electron chi connectivity index (χ2n) is 5.24. The van der Waals surface area contributed by atoms with Gasteiger partial charge < -0.3 is 9.64 Å². The molecule has 1 aromatic heterocycles. The molecule has 0 aliphatic carbocycles. The summed E-state index contributed by atoms with van der Waals surface area (Å²) in [6.45, 7) is 2.17. The van der Waals surface area contributed by atoms with Crippen LogP contribution in [0.25, 0.3) is 0 Å². The number of benzene rings is 1. The zero-order valence-electron chi connectivity index (χ0n) is 12.6. The maximum Gasteiger partial charge on any atom is 0.271 e. The molecule has 1 amide bonds. The van der Waals surface area contributed by atoms with Gasteiger partial charge in [-0.25, -0.2) is 0 Å². The summed E-state index contributed by atoms with van der Waals surface area (Å²) < 4.78 is 5.52. The van der Waals surface area contributed by atoms with Gasteiger partial charge in [-0.3, -0.25) is 19.9 Å². The molecular formula is C16H15N3O4. The molecule has 0 fully saturated rings. The highest BCUT2D eigenvalue weighted by atomic mass is 16.6. The molecule has 0 bridgehead atoms. The van der Waals surface area contributed by atoms with Gasteiger partial charge in [0, 0.05) is 24.9 Å². The van der Waals surface area contributed by atoms with Crippen LogP contribution in [0.3, 0.4) is 0 Å². The SMILES string of the molecule is Cc1ncccc1OCC(=O)N1CCc2ccc([N+](=O)[O-])cc21. The first-order chi connectivity index (χ1) is 11.1. The Morgan fingerprint density at radius 3 is 3.00 bits per heavy atom. The third-order valence-electron chi connectivity index (χ3n) is 3.79. The maximum atomic E-state index is 12.4. The van der Waals surface area contributed by atoms with E-state index in [2.05, 4.69) is 4.98 Å². The number of carbonyl (C=O) groups is 1. The van der Waals surface area contributed by atoms with E-state index in [9.17, 15) is 14.9 Å². The Morgan fingerprint density at radius 2 is 2.26 bits per heavy atom. The van der Waals surface area contributed by atoms with Crippen molar-refractivity contribution >= 4 is 17.3 Å². The van der Waals surface area contributed by atoms with E-state index in [0.717, 1.165) is 5.56 Å². The van der Waals surface area contributed by atoms with Gasteiger partial charge in [0.2, 0.25) is 0 Å². The molecule has 2 heterocycles. The lowest BCUT2D eigenvalue weighted by molar-refractivity contribution is -0.384. The van der Waals surface area contributed by atoms with Crippen LogP contribution in [0.1, 0.15) is 11.3 Å². The molecule has 1 aromatic carbocycles. The van der Waals surface area contributed by atoms with E-state index in [4.69, 9.17) is 4.74 Å². The zero-order chi connectivity index (χ0) is 16.4. The number of carbonyl (C=O) groups excluding carboxylic acids is 1. The van der Waals surface area contributed by atoms with Crippen LogP contribution in [0.5, 0.6) is 5.75 Å². The number of anilines is 1. The topological polar surface area (TPSA) is 85.6 Å². The third kappa shape index (κ3) is 2.98. The number of nitrogens with zero attached hydrogens (tertiary/aromatic N) is 3. The number of aromatic nitrogens is 1. The summed E-state index contributed by atoms with van der Waals surface area (Å²) in [7, 11) is 0. The first-order valence-electron chi connectivity index (χ1n) is 7.18. The third-order valence-corrected chi connectivity index (χ3v) is 3.79. The summed E-state index contributed by atoms with van der Waals surface area (Å²) in [5.74, 6) is 0.326. The summed E-state index contributed by atoms with van der Waals surface area (Å²) in [5, 5.41) is 10.9. The fourth-order valence-electron chi connectivity index (χ4n) is 2.58. The molecule has 7 nitrogen and oxygen atoms in total. The standard InChI is InChI=1S/C16H15N3O4/c1-11-15(3-2-7-17-11)23-10-16(20)18-8-6-12-4-5-13(19(21)22)9-14(12)18/h2-5,7,9H,6,8,10H2,1H3. The molecule has 0 spiro atoms. The smallest absolute Gasteiger partial charge is 0.271 e.